The molecule has 2 aromatic carbocycles. The molecule has 1 amide bonds. The Morgan fingerprint density at radius 3 is 2.34 bits per heavy atom. The lowest BCUT2D eigenvalue weighted by molar-refractivity contribution is -0.138. The van der Waals surface area contributed by atoms with Crippen LogP contribution in [0.15, 0.2) is 47.6 Å². The highest BCUT2D eigenvalue weighted by molar-refractivity contribution is 6.17. The number of carbonyl (C=O) groups excluding carboxylic acids is 1. The van der Waals surface area contributed by atoms with E-state index in [0.717, 1.165) is 12.8 Å². The minimum atomic E-state index is -5.03. The zero-order valence-corrected chi connectivity index (χ0v) is 15.0. The monoisotopic (exact) mass is 412 g/mol. The molecule has 0 spiro atoms. The van der Waals surface area contributed by atoms with Crippen molar-refractivity contribution in [2.45, 2.75) is 24.9 Å². The Bertz CT molecular complexity index is 924. The molecule has 0 aliphatic heterocycles. The number of rotatable bonds is 7. The molecular formula is C20H17F5N2O2. The number of nitrogens with zero attached hydrogens (tertiary/aromatic N) is 1. The Morgan fingerprint density at radius 2 is 1.79 bits per heavy atom. The molecule has 2 aromatic rings. The first kappa shape index (κ1) is 20.8. The molecule has 1 saturated carbocycles. The maximum absolute atomic E-state index is 14.6. The van der Waals surface area contributed by atoms with Gasteiger partial charge < -0.3 is 10.6 Å². The van der Waals surface area contributed by atoms with E-state index < -0.39 is 46.5 Å². The highest BCUT2D eigenvalue weighted by Crippen LogP contribution is 2.37. The molecule has 154 valence electrons. The van der Waals surface area contributed by atoms with E-state index >= 15 is 0 Å². The van der Waals surface area contributed by atoms with Gasteiger partial charge in [0.05, 0.1) is 11.1 Å². The second-order valence-electron chi connectivity index (χ2n) is 6.74. The lowest BCUT2D eigenvalue weighted by Crippen LogP contribution is -2.31. The SMILES string of the molecule is NC(=O)C(/C(=N/OCC1CC1)c1c(C(F)(F)F)ccc(F)c1F)c1ccccc1. The van der Waals surface area contributed by atoms with Crippen LogP contribution in [0.4, 0.5) is 22.0 Å². The fraction of sp³-hybridized carbons (Fsp3) is 0.300. The summed E-state index contributed by atoms with van der Waals surface area (Å²) in [7, 11) is 0. The molecule has 0 radical (unpaired) electrons. The van der Waals surface area contributed by atoms with Crippen molar-refractivity contribution in [1.29, 1.82) is 0 Å². The number of nitrogens with two attached hydrogens (primary N) is 1. The minimum absolute atomic E-state index is 0.0854. The van der Waals surface area contributed by atoms with Crippen LogP contribution in [0.2, 0.25) is 0 Å². The number of alkyl halides is 3. The van der Waals surface area contributed by atoms with E-state index in [1.807, 2.05) is 0 Å². The lowest BCUT2D eigenvalue weighted by Gasteiger charge is -2.21. The van der Waals surface area contributed by atoms with Crippen molar-refractivity contribution in [3.63, 3.8) is 0 Å². The van der Waals surface area contributed by atoms with E-state index in [1.54, 1.807) is 6.07 Å². The van der Waals surface area contributed by atoms with E-state index in [-0.39, 0.29) is 18.1 Å². The van der Waals surface area contributed by atoms with E-state index in [4.69, 9.17) is 10.6 Å². The van der Waals surface area contributed by atoms with Gasteiger partial charge in [-0.3, -0.25) is 4.79 Å². The molecule has 0 bridgehead atoms. The molecule has 4 nitrogen and oxygen atoms in total. The molecule has 1 fully saturated rings. The predicted molar refractivity (Wildman–Crippen MR) is 95.0 cm³/mol. The van der Waals surface area contributed by atoms with Gasteiger partial charge in [-0.1, -0.05) is 35.5 Å². The first-order chi connectivity index (χ1) is 13.7. The third kappa shape index (κ3) is 4.72. The van der Waals surface area contributed by atoms with E-state index in [9.17, 15) is 26.7 Å². The molecule has 0 heterocycles. The van der Waals surface area contributed by atoms with Gasteiger partial charge in [-0.2, -0.15) is 13.2 Å². The Morgan fingerprint density at radius 1 is 1.14 bits per heavy atom. The summed E-state index contributed by atoms with van der Waals surface area (Å²) in [5, 5.41) is 3.66. The number of halogens is 5. The number of oxime groups is 1. The predicted octanol–water partition coefficient (Wildman–Crippen LogP) is 4.38. The summed E-state index contributed by atoms with van der Waals surface area (Å²) in [5.41, 5.74) is 2.20. The molecule has 1 aliphatic carbocycles. The van der Waals surface area contributed by atoms with Gasteiger partial charge in [0.1, 0.15) is 18.2 Å². The molecule has 3 rings (SSSR count). The summed E-state index contributed by atoms with van der Waals surface area (Å²) in [6, 6.07) is 8.29. The highest BCUT2D eigenvalue weighted by Gasteiger charge is 2.40. The van der Waals surface area contributed by atoms with Crippen LogP contribution >= 0.6 is 0 Å². The molecule has 1 atom stereocenters. The zero-order chi connectivity index (χ0) is 21.2. The standard InChI is InChI=1S/C20H17F5N2O2/c21-14-9-8-13(20(23,24)25)16(17(14)22)18(27-29-10-11-6-7-11)15(19(26)28)12-4-2-1-3-5-12/h1-5,8-9,11,15H,6-7,10H2,(H2,26,28)/b27-18-. The molecule has 9 heteroatoms. The average Bonchev–Trinajstić information content (AvgIpc) is 3.47. The molecule has 29 heavy (non-hydrogen) atoms. The fourth-order valence-electron chi connectivity index (χ4n) is 2.88. The number of carbonyl (C=O) groups is 1. The molecule has 1 aliphatic rings. The smallest absolute Gasteiger partial charge is 0.395 e. The quantitative estimate of drug-likeness (QED) is 0.417. The summed E-state index contributed by atoms with van der Waals surface area (Å²) >= 11 is 0. The van der Waals surface area contributed by atoms with Gasteiger partial charge in [0.15, 0.2) is 11.6 Å². The third-order valence-corrected chi connectivity index (χ3v) is 4.52. The Hall–Kier alpha value is -2.97. The number of benzene rings is 2. The van der Waals surface area contributed by atoms with Crippen molar-refractivity contribution < 1.29 is 31.6 Å². The summed E-state index contributed by atoms with van der Waals surface area (Å²) in [6.07, 6.45) is -3.30. The van der Waals surface area contributed by atoms with Crippen LogP contribution in [0.5, 0.6) is 0 Å². The van der Waals surface area contributed by atoms with Gasteiger partial charge in [-0.25, -0.2) is 8.78 Å². The maximum atomic E-state index is 14.6. The van der Waals surface area contributed by atoms with Crippen molar-refractivity contribution in [3.05, 3.63) is 70.8 Å². The lowest BCUT2D eigenvalue weighted by atomic mass is 9.86. The van der Waals surface area contributed by atoms with E-state index in [1.165, 1.54) is 24.3 Å². The second-order valence-corrected chi connectivity index (χ2v) is 6.74. The summed E-state index contributed by atoms with van der Waals surface area (Å²) in [4.78, 5) is 17.3. The van der Waals surface area contributed by atoms with E-state index in [2.05, 4.69) is 5.16 Å². The number of hydrogen-bond donors (Lipinski definition) is 1. The Kier molecular flexibility index (Phi) is 5.86. The third-order valence-electron chi connectivity index (χ3n) is 4.52. The normalized spacial score (nSPS) is 15.8. The van der Waals surface area contributed by atoms with Gasteiger partial charge in [-0.05, 0) is 36.5 Å². The summed E-state index contributed by atoms with van der Waals surface area (Å²) in [6.45, 7) is 0.0854. The first-order valence-electron chi connectivity index (χ1n) is 8.79. The van der Waals surface area contributed by atoms with Crippen LogP contribution in [-0.4, -0.2) is 18.2 Å². The first-order valence-corrected chi connectivity index (χ1v) is 8.79. The Balaban J connectivity index is 2.21. The van der Waals surface area contributed by atoms with Crippen LogP contribution in [0.1, 0.15) is 35.4 Å². The van der Waals surface area contributed by atoms with Crippen molar-refractivity contribution in [2.24, 2.45) is 16.8 Å². The molecule has 0 aromatic heterocycles. The number of amides is 1. The molecular weight excluding hydrogens is 395 g/mol. The van der Waals surface area contributed by atoms with Gasteiger partial charge in [0.2, 0.25) is 5.91 Å². The van der Waals surface area contributed by atoms with Crippen LogP contribution < -0.4 is 5.73 Å². The number of primary amides is 1. The minimum Gasteiger partial charge on any atom is -0.395 e. The molecule has 1 unspecified atom stereocenters. The molecule has 2 N–H and O–H groups in total. The van der Waals surface area contributed by atoms with Crippen molar-refractivity contribution in [3.8, 4) is 0 Å². The van der Waals surface area contributed by atoms with Gasteiger partial charge in [0.25, 0.3) is 0 Å². The largest absolute Gasteiger partial charge is 0.417 e. The van der Waals surface area contributed by atoms with Crippen molar-refractivity contribution in [1.82, 2.24) is 0 Å². The van der Waals surface area contributed by atoms with Crippen LogP contribution in [0.25, 0.3) is 0 Å². The van der Waals surface area contributed by atoms with Gasteiger partial charge >= 0.3 is 6.18 Å². The van der Waals surface area contributed by atoms with E-state index in [0.29, 0.717) is 12.1 Å². The number of hydrogen-bond acceptors (Lipinski definition) is 3. The second kappa shape index (κ2) is 8.18. The topological polar surface area (TPSA) is 64.7 Å². The van der Waals surface area contributed by atoms with Crippen LogP contribution in [0, 0.1) is 17.6 Å². The Labute approximate surface area is 163 Å². The zero-order valence-electron chi connectivity index (χ0n) is 15.0. The van der Waals surface area contributed by atoms with Crippen LogP contribution in [-0.2, 0) is 15.8 Å². The highest BCUT2D eigenvalue weighted by atomic mass is 19.4. The fourth-order valence-corrected chi connectivity index (χ4v) is 2.88. The summed E-state index contributed by atoms with van der Waals surface area (Å²) < 4.78 is 69.1. The van der Waals surface area contributed by atoms with Crippen LogP contribution in [0.3, 0.4) is 0 Å². The van der Waals surface area contributed by atoms with Crippen molar-refractivity contribution >= 4 is 11.6 Å². The molecule has 0 saturated heterocycles. The van der Waals surface area contributed by atoms with Gasteiger partial charge in [-0.15, -0.1) is 0 Å². The maximum Gasteiger partial charge on any atom is 0.417 e. The van der Waals surface area contributed by atoms with Gasteiger partial charge in [0, 0.05) is 0 Å². The average molecular weight is 412 g/mol. The summed E-state index contributed by atoms with van der Waals surface area (Å²) in [5.74, 6) is -5.77. The van der Waals surface area contributed by atoms with Crippen molar-refractivity contribution in [2.75, 3.05) is 6.61 Å².